The molecule has 1 aliphatic carbocycles. The highest BCUT2D eigenvalue weighted by molar-refractivity contribution is 8.22. The van der Waals surface area contributed by atoms with E-state index in [1.54, 1.807) is 12.2 Å². The number of hydrogen-bond acceptors (Lipinski definition) is 2. The van der Waals surface area contributed by atoms with Gasteiger partial charge in [-0.15, -0.1) is 11.8 Å². The van der Waals surface area contributed by atoms with Crippen LogP contribution in [0.2, 0.25) is 0 Å². The molecule has 0 fully saturated rings. The Bertz CT molecular complexity index is 469. The van der Waals surface area contributed by atoms with Crippen molar-refractivity contribution in [1.29, 1.82) is 0 Å². The van der Waals surface area contributed by atoms with E-state index >= 15 is 0 Å². The number of hydrogen-bond donors (Lipinski definition) is 0. The van der Waals surface area contributed by atoms with E-state index in [-0.39, 0.29) is 17.0 Å². The molecule has 2 rings (SSSR count). The number of rotatable bonds is 3. The second-order valence-corrected chi connectivity index (χ2v) is 6.17. The van der Waals surface area contributed by atoms with E-state index in [2.05, 4.69) is 0 Å². The lowest BCUT2D eigenvalue weighted by atomic mass is 9.87. The summed E-state index contributed by atoms with van der Waals surface area (Å²) >= 11 is 6.20. The summed E-state index contributed by atoms with van der Waals surface area (Å²) in [5.74, 6) is 0.484. The average Bonchev–Trinajstić information content (AvgIpc) is 2.87. The Hall–Kier alpha value is -0.810. The summed E-state index contributed by atoms with van der Waals surface area (Å²) in [6.07, 6.45) is -1.20. The SMILES string of the molecule is FC(F)(F)C1(C(=S)SCc2ccccc2)CC=CC1. The van der Waals surface area contributed by atoms with Gasteiger partial charge >= 0.3 is 6.18 Å². The largest absolute Gasteiger partial charge is 0.400 e. The molecule has 5 heteroatoms. The lowest BCUT2D eigenvalue weighted by molar-refractivity contribution is -0.192. The van der Waals surface area contributed by atoms with Crippen LogP contribution in [0.5, 0.6) is 0 Å². The van der Waals surface area contributed by atoms with Crippen LogP contribution in [-0.2, 0) is 5.75 Å². The number of alkyl halides is 3. The fourth-order valence-electron chi connectivity index (χ4n) is 2.03. The predicted octanol–water partition coefficient (Wildman–Crippen LogP) is 5.15. The number of halogens is 3. The van der Waals surface area contributed by atoms with Gasteiger partial charge in [0.1, 0.15) is 5.41 Å². The van der Waals surface area contributed by atoms with Gasteiger partial charge in [0.25, 0.3) is 0 Å². The van der Waals surface area contributed by atoms with Gasteiger partial charge < -0.3 is 0 Å². The Kier molecular flexibility index (Phi) is 4.36. The van der Waals surface area contributed by atoms with E-state index in [1.807, 2.05) is 30.3 Å². The van der Waals surface area contributed by atoms with Crippen molar-refractivity contribution in [1.82, 2.24) is 0 Å². The van der Waals surface area contributed by atoms with E-state index in [0.29, 0.717) is 5.75 Å². The Labute approximate surface area is 120 Å². The van der Waals surface area contributed by atoms with E-state index in [1.165, 1.54) is 0 Å². The quantitative estimate of drug-likeness (QED) is 0.559. The maximum Gasteiger partial charge on any atom is 0.400 e. The molecular formula is C14H13F3S2. The molecule has 0 heterocycles. The fourth-order valence-corrected chi connectivity index (χ4v) is 3.54. The van der Waals surface area contributed by atoms with Gasteiger partial charge in [0.2, 0.25) is 0 Å². The predicted molar refractivity (Wildman–Crippen MR) is 77.2 cm³/mol. The molecule has 1 aromatic rings. The van der Waals surface area contributed by atoms with Crippen molar-refractivity contribution < 1.29 is 13.2 Å². The summed E-state index contributed by atoms with van der Waals surface area (Å²) in [5.41, 5.74) is -0.861. The molecule has 102 valence electrons. The van der Waals surface area contributed by atoms with Crippen LogP contribution in [0.25, 0.3) is 0 Å². The van der Waals surface area contributed by atoms with Gasteiger partial charge in [-0.2, -0.15) is 13.2 Å². The molecule has 0 radical (unpaired) electrons. The maximum atomic E-state index is 13.3. The van der Waals surface area contributed by atoms with Crippen LogP contribution in [0.3, 0.4) is 0 Å². The van der Waals surface area contributed by atoms with Crippen LogP contribution in [0.1, 0.15) is 18.4 Å². The van der Waals surface area contributed by atoms with Crippen LogP contribution in [0.15, 0.2) is 42.5 Å². The van der Waals surface area contributed by atoms with Gasteiger partial charge in [-0.05, 0) is 18.4 Å². The standard InChI is InChI=1S/C14H13F3S2/c15-14(16,17)13(8-4-5-9-13)12(18)19-10-11-6-2-1-3-7-11/h1-7H,8-10H2. The molecule has 0 unspecified atom stereocenters. The molecule has 0 spiro atoms. The van der Waals surface area contributed by atoms with Crippen LogP contribution in [-0.4, -0.2) is 10.4 Å². The normalized spacial score (nSPS) is 17.6. The molecule has 0 saturated carbocycles. The molecule has 1 aliphatic rings. The van der Waals surface area contributed by atoms with Gasteiger partial charge in [0.15, 0.2) is 0 Å². The lowest BCUT2D eigenvalue weighted by Crippen LogP contribution is -2.41. The first-order valence-electron chi connectivity index (χ1n) is 5.89. The zero-order valence-corrected chi connectivity index (χ0v) is 11.7. The summed E-state index contributed by atoms with van der Waals surface area (Å²) in [7, 11) is 0. The smallest absolute Gasteiger partial charge is 0.170 e. The summed E-state index contributed by atoms with van der Waals surface area (Å²) in [6, 6.07) is 9.40. The summed E-state index contributed by atoms with van der Waals surface area (Å²) in [4.78, 5) is 0. The third kappa shape index (κ3) is 3.03. The Morgan fingerprint density at radius 3 is 2.26 bits per heavy atom. The molecule has 0 N–H and O–H groups in total. The van der Waals surface area contributed by atoms with Gasteiger partial charge in [0.05, 0.1) is 4.20 Å². The van der Waals surface area contributed by atoms with E-state index in [4.69, 9.17) is 12.2 Å². The van der Waals surface area contributed by atoms with Crippen molar-refractivity contribution >= 4 is 28.2 Å². The molecule has 0 nitrogen and oxygen atoms in total. The Morgan fingerprint density at radius 1 is 1.16 bits per heavy atom. The van der Waals surface area contributed by atoms with Crippen molar-refractivity contribution in [2.45, 2.75) is 24.8 Å². The summed E-state index contributed by atoms with van der Waals surface area (Å²) in [6.45, 7) is 0. The van der Waals surface area contributed by atoms with Crippen molar-refractivity contribution in [3.05, 3.63) is 48.0 Å². The zero-order chi connectivity index (χ0) is 13.9. The number of thiocarbonyl (C=S) groups is 1. The highest BCUT2D eigenvalue weighted by atomic mass is 32.2. The van der Waals surface area contributed by atoms with Gasteiger partial charge in [-0.25, -0.2) is 0 Å². The molecule has 0 aromatic heterocycles. The number of thioether (sulfide) groups is 1. The Balaban J connectivity index is 2.06. The van der Waals surface area contributed by atoms with Crippen LogP contribution >= 0.6 is 24.0 Å². The maximum absolute atomic E-state index is 13.3. The van der Waals surface area contributed by atoms with Crippen molar-refractivity contribution in [3.8, 4) is 0 Å². The third-order valence-corrected chi connectivity index (χ3v) is 5.12. The Morgan fingerprint density at radius 2 is 1.74 bits per heavy atom. The summed E-state index contributed by atoms with van der Waals surface area (Å²) in [5, 5.41) is 0. The molecule has 19 heavy (non-hydrogen) atoms. The molecule has 0 atom stereocenters. The molecule has 0 saturated heterocycles. The van der Waals surface area contributed by atoms with E-state index in [0.717, 1.165) is 17.3 Å². The van der Waals surface area contributed by atoms with Gasteiger partial charge in [-0.1, -0.05) is 54.7 Å². The lowest BCUT2D eigenvalue weighted by Gasteiger charge is -2.31. The minimum absolute atomic E-state index is 0.0306. The zero-order valence-electron chi connectivity index (χ0n) is 10.1. The first-order chi connectivity index (χ1) is 8.96. The van der Waals surface area contributed by atoms with Gasteiger partial charge in [-0.3, -0.25) is 0 Å². The minimum atomic E-state index is -4.28. The first kappa shape index (κ1) is 14.6. The second-order valence-electron chi connectivity index (χ2n) is 4.52. The van der Waals surface area contributed by atoms with Crippen LogP contribution < -0.4 is 0 Å². The van der Waals surface area contributed by atoms with Crippen LogP contribution in [0, 0.1) is 5.41 Å². The highest BCUT2D eigenvalue weighted by Gasteiger charge is 2.57. The van der Waals surface area contributed by atoms with Crippen LogP contribution in [0.4, 0.5) is 13.2 Å². The molecular weight excluding hydrogens is 289 g/mol. The molecule has 0 aliphatic heterocycles. The summed E-state index contributed by atoms with van der Waals surface area (Å²) < 4.78 is 39.8. The topological polar surface area (TPSA) is 0 Å². The molecule has 1 aromatic carbocycles. The second kappa shape index (κ2) is 5.67. The average molecular weight is 302 g/mol. The highest BCUT2D eigenvalue weighted by Crippen LogP contribution is 2.51. The molecule has 0 bridgehead atoms. The molecule has 0 amide bonds. The first-order valence-corrected chi connectivity index (χ1v) is 7.28. The minimum Gasteiger partial charge on any atom is -0.170 e. The third-order valence-electron chi connectivity index (χ3n) is 3.25. The number of allylic oxidation sites excluding steroid dienone is 2. The fraction of sp³-hybridized carbons (Fsp3) is 0.357. The monoisotopic (exact) mass is 302 g/mol. The van der Waals surface area contributed by atoms with E-state index in [9.17, 15) is 13.2 Å². The van der Waals surface area contributed by atoms with Gasteiger partial charge in [0, 0.05) is 5.75 Å². The van der Waals surface area contributed by atoms with Crippen molar-refractivity contribution in [3.63, 3.8) is 0 Å². The van der Waals surface area contributed by atoms with Crippen molar-refractivity contribution in [2.75, 3.05) is 0 Å². The van der Waals surface area contributed by atoms with E-state index < -0.39 is 11.6 Å². The number of benzene rings is 1. The van der Waals surface area contributed by atoms with Crippen molar-refractivity contribution in [2.24, 2.45) is 5.41 Å².